The van der Waals surface area contributed by atoms with Crippen LogP contribution in [0.1, 0.15) is 41.5 Å². The Bertz CT molecular complexity index is 265. The number of nitrogens with one attached hydrogen (secondary N) is 1. The van der Waals surface area contributed by atoms with Crippen LogP contribution in [-0.2, 0) is 0 Å². The Hall–Kier alpha value is -0.720. The van der Waals surface area contributed by atoms with Crippen LogP contribution < -0.4 is 5.32 Å². The smallest absolute Gasteiger partial charge is 0.0306 e. The summed E-state index contributed by atoms with van der Waals surface area (Å²) in [5.74, 6) is 1.32. The first-order chi connectivity index (χ1) is 6.29. The van der Waals surface area contributed by atoms with Crippen molar-refractivity contribution in [2.75, 3.05) is 0 Å². The Morgan fingerprint density at radius 1 is 1.21 bits per heavy atom. The number of allylic oxidation sites excluding steroid dienone is 3. The van der Waals surface area contributed by atoms with Crippen LogP contribution in [0.25, 0.3) is 0 Å². The molecule has 0 aromatic carbocycles. The van der Waals surface area contributed by atoms with Crippen LogP contribution >= 0.6 is 0 Å². The molecule has 0 spiro atoms. The number of hydrogen-bond acceptors (Lipinski definition) is 1. The topological polar surface area (TPSA) is 12.0 Å². The van der Waals surface area contributed by atoms with Gasteiger partial charge in [-0.05, 0) is 45.6 Å². The van der Waals surface area contributed by atoms with Crippen molar-refractivity contribution in [3.8, 4) is 0 Å². The van der Waals surface area contributed by atoms with Crippen molar-refractivity contribution in [1.29, 1.82) is 0 Å². The lowest BCUT2D eigenvalue weighted by Crippen LogP contribution is -2.35. The minimum absolute atomic E-state index is 0.156. The average molecular weight is 193 g/mol. The molecular weight excluding hydrogens is 170 g/mol. The summed E-state index contributed by atoms with van der Waals surface area (Å²) >= 11 is 0. The molecule has 2 unspecified atom stereocenters. The number of hydrogen-bond donors (Lipinski definition) is 1. The highest BCUT2D eigenvalue weighted by atomic mass is 15.0. The molecule has 1 nitrogen and oxygen atoms in total. The van der Waals surface area contributed by atoms with Crippen LogP contribution in [0.2, 0.25) is 0 Å². The highest BCUT2D eigenvalue weighted by Gasteiger charge is 2.19. The standard InChI is InChI=1S/C13H23N/c1-9-7-12(14-13(4,5)6)8-10(2)11(9)3/h7-9,11,14H,1-6H3. The van der Waals surface area contributed by atoms with Crippen molar-refractivity contribution < 1.29 is 0 Å². The second kappa shape index (κ2) is 3.80. The van der Waals surface area contributed by atoms with Crippen molar-refractivity contribution in [2.45, 2.75) is 47.1 Å². The maximum Gasteiger partial charge on any atom is 0.0306 e. The van der Waals surface area contributed by atoms with Gasteiger partial charge in [-0.2, -0.15) is 0 Å². The van der Waals surface area contributed by atoms with Crippen LogP contribution in [0.15, 0.2) is 23.4 Å². The summed E-state index contributed by atoms with van der Waals surface area (Å²) in [6.45, 7) is 13.4. The zero-order valence-electron chi connectivity index (χ0n) is 10.3. The van der Waals surface area contributed by atoms with E-state index in [9.17, 15) is 0 Å². The third-order valence-corrected chi connectivity index (χ3v) is 2.85. The van der Waals surface area contributed by atoms with E-state index in [0.29, 0.717) is 11.8 Å². The lowest BCUT2D eigenvalue weighted by Gasteiger charge is -2.29. The molecule has 0 aliphatic heterocycles. The fraction of sp³-hybridized carbons (Fsp3) is 0.692. The molecule has 14 heavy (non-hydrogen) atoms. The predicted molar refractivity (Wildman–Crippen MR) is 63.1 cm³/mol. The zero-order valence-corrected chi connectivity index (χ0v) is 10.3. The summed E-state index contributed by atoms with van der Waals surface area (Å²) in [6, 6.07) is 0. The average Bonchev–Trinajstić information content (AvgIpc) is 1.96. The molecule has 0 saturated carbocycles. The first-order valence-electron chi connectivity index (χ1n) is 5.48. The van der Waals surface area contributed by atoms with E-state index in [0.717, 1.165) is 0 Å². The molecule has 1 aliphatic carbocycles. The van der Waals surface area contributed by atoms with Crippen molar-refractivity contribution in [2.24, 2.45) is 11.8 Å². The van der Waals surface area contributed by atoms with E-state index < -0.39 is 0 Å². The van der Waals surface area contributed by atoms with Gasteiger partial charge >= 0.3 is 0 Å². The van der Waals surface area contributed by atoms with Gasteiger partial charge in [0.25, 0.3) is 0 Å². The van der Waals surface area contributed by atoms with E-state index in [1.807, 2.05) is 0 Å². The third kappa shape index (κ3) is 2.90. The molecule has 0 aromatic rings. The lowest BCUT2D eigenvalue weighted by molar-refractivity contribution is 0.458. The van der Waals surface area contributed by atoms with Gasteiger partial charge in [-0.3, -0.25) is 0 Å². The predicted octanol–water partition coefficient (Wildman–Crippen LogP) is 3.49. The maximum atomic E-state index is 3.52. The summed E-state index contributed by atoms with van der Waals surface area (Å²) in [4.78, 5) is 0. The zero-order chi connectivity index (χ0) is 10.9. The second-order valence-electron chi connectivity index (χ2n) is 5.53. The monoisotopic (exact) mass is 193 g/mol. The second-order valence-corrected chi connectivity index (χ2v) is 5.53. The fourth-order valence-electron chi connectivity index (χ4n) is 1.78. The molecule has 1 aliphatic rings. The summed E-state index contributed by atoms with van der Waals surface area (Å²) < 4.78 is 0. The summed E-state index contributed by atoms with van der Waals surface area (Å²) in [6.07, 6.45) is 4.61. The van der Waals surface area contributed by atoms with Crippen molar-refractivity contribution in [3.63, 3.8) is 0 Å². The van der Waals surface area contributed by atoms with Crippen LogP contribution in [-0.4, -0.2) is 5.54 Å². The Labute approximate surface area is 88.3 Å². The first-order valence-corrected chi connectivity index (χ1v) is 5.48. The molecule has 0 radical (unpaired) electrons. The first kappa shape index (κ1) is 11.4. The van der Waals surface area contributed by atoms with Crippen molar-refractivity contribution >= 4 is 0 Å². The van der Waals surface area contributed by atoms with Gasteiger partial charge in [0.2, 0.25) is 0 Å². The molecule has 0 amide bonds. The van der Waals surface area contributed by atoms with E-state index >= 15 is 0 Å². The highest BCUT2D eigenvalue weighted by Crippen LogP contribution is 2.27. The van der Waals surface area contributed by atoms with Gasteiger partial charge in [0, 0.05) is 11.2 Å². The quantitative estimate of drug-likeness (QED) is 0.672. The minimum atomic E-state index is 0.156. The SMILES string of the molecule is CC1=CC(NC(C)(C)C)=CC(C)C1C. The van der Waals surface area contributed by atoms with E-state index in [1.165, 1.54) is 11.3 Å². The van der Waals surface area contributed by atoms with Crippen molar-refractivity contribution in [3.05, 3.63) is 23.4 Å². The van der Waals surface area contributed by atoms with Gasteiger partial charge in [0.05, 0.1) is 0 Å². The molecule has 1 heteroatoms. The molecular formula is C13H23N. The van der Waals surface area contributed by atoms with Gasteiger partial charge in [-0.25, -0.2) is 0 Å². The molecule has 0 bridgehead atoms. The summed E-state index contributed by atoms with van der Waals surface area (Å²) in [7, 11) is 0. The molecule has 2 atom stereocenters. The maximum absolute atomic E-state index is 3.52. The Kier molecular flexibility index (Phi) is 3.08. The molecule has 80 valence electrons. The van der Waals surface area contributed by atoms with E-state index in [1.54, 1.807) is 0 Å². The Balaban J connectivity index is 2.78. The summed E-state index contributed by atoms with van der Waals surface area (Å²) in [5.41, 5.74) is 2.91. The lowest BCUT2D eigenvalue weighted by atomic mass is 9.84. The molecule has 0 saturated heterocycles. The van der Waals surface area contributed by atoms with E-state index in [2.05, 4.69) is 59.0 Å². The molecule has 0 fully saturated rings. The molecule has 0 aromatic heterocycles. The van der Waals surface area contributed by atoms with Crippen LogP contribution in [0, 0.1) is 11.8 Å². The Morgan fingerprint density at radius 2 is 1.79 bits per heavy atom. The van der Waals surface area contributed by atoms with Gasteiger partial charge in [0.1, 0.15) is 0 Å². The highest BCUT2D eigenvalue weighted by molar-refractivity contribution is 5.29. The van der Waals surface area contributed by atoms with Crippen LogP contribution in [0.4, 0.5) is 0 Å². The minimum Gasteiger partial charge on any atom is -0.381 e. The number of rotatable bonds is 1. The van der Waals surface area contributed by atoms with Gasteiger partial charge in [-0.15, -0.1) is 0 Å². The fourth-order valence-corrected chi connectivity index (χ4v) is 1.78. The largest absolute Gasteiger partial charge is 0.381 e. The molecule has 0 heterocycles. The van der Waals surface area contributed by atoms with Gasteiger partial charge in [0.15, 0.2) is 0 Å². The molecule has 1 N–H and O–H groups in total. The van der Waals surface area contributed by atoms with Gasteiger partial charge in [-0.1, -0.05) is 25.5 Å². The molecule has 1 rings (SSSR count). The Morgan fingerprint density at radius 3 is 2.21 bits per heavy atom. The summed E-state index contributed by atoms with van der Waals surface area (Å²) in [5, 5.41) is 3.52. The van der Waals surface area contributed by atoms with E-state index in [4.69, 9.17) is 0 Å². The van der Waals surface area contributed by atoms with Crippen molar-refractivity contribution in [1.82, 2.24) is 5.32 Å². The van der Waals surface area contributed by atoms with Crippen LogP contribution in [0.5, 0.6) is 0 Å². The normalized spacial score (nSPS) is 28.1. The van der Waals surface area contributed by atoms with E-state index in [-0.39, 0.29) is 5.54 Å². The van der Waals surface area contributed by atoms with Crippen LogP contribution in [0.3, 0.4) is 0 Å². The van der Waals surface area contributed by atoms with Gasteiger partial charge < -0.3 is 5.32 Å². The third-order valence-electron chi connectivity index (χ3n) is 2.85.